The molecule has 0 spiro atoms. The number of hydrogen-bond donors (Lipinski definition) is 2. The molecule has 0 fully saturated rings. The number of amides is 1. The zero-order valence-corrected chi connectivity index (χ0v) is 11.8. The minimum absolute atomic E-state index is 0. The number of aryl methyl sites for hydroxylation is 1. The van der Waals surface area contributed by atoms with E-state index in [2.05, 4.69) is 39.1 Å². The minimum Gasteiger partial charge on any atom is -0.453 e. The predicted octanol–water partition coefficient (Wildman–Crippen LogP) is 3.51. The number of H-pyrrole nitrogens is 1. The van der Waals surface area contributed by atoms with Gasteiger partial charge in [-0.1, -0.05) is 19.4 Å². The predicted molar refractivity (Wildman–Crippen MR) is 78.0 cm³/mol. The molecule has 2 aromatic rings. The van der Waals surface area contributed by atoms with Crippen molar-refractivity contribution < 1.29 is 9.53 Å². The monoisotopic (exact) mass is 283 g/mol. The van der Waals surface area contributed by atoms with Crippen molar-refractivity contribution in [2.75, 3.05) is 12.4 Å². The lowest BCUT2D eigenvalue weighted by atomic mass is 10.1. The zero-order chi connectivity index (χ0) is 13.0. The summed E-state index contributed by atoms with van der Waals surface area (Å²) in [6.45, 7) is 2.17. The maximum atomic E-state index is 11.1. The van der Waals surface area contributed by atoms with Crippen molar-refractivity contribution in [1.29, 1.82) is 0 Å². The Morgan fingerprint density at radius 1 is 1.47 bits per heavy atom. The topological polar surface area (TPSA) is 67.0 Å². The highest BCUT2D eigenvalue weighted by atomic mass is 35.5. The van der Waals surface area contributed by atoms with E-state index in [1.54, 1.807) is 0 Å². The third kappa shape index (κ3) is 3.86. The maximum absolute atomic E-state index is 11.1. The maximum Gasteiger partial charge on any atom is 0.413 e. The number of imidazole rings is 1. The first-order chi connectivity index (χ1) is 8.72. The summed E-state index contributed by atoms with van der Waals surface area (Å²) >= 11 is 0. The quantitative estimate of drug-likeness (QED) is 0.902. The van der Waals surface area contributed by atoms with Gasteiger partial charge in [-0.05, 0) is 30.5 Å². The van der Waals surface area contributed by atoms with E-state index < -0.39 is 6.09 Å². The Labute approximate surface area is 118 Å². The first-order valence-electron chi connectivity index (χ1n) is 6.06. The number of benzene rings is 1. The molecule has 0 aliphatic heterocycles. The Hall–Kier alpha value is -1.75. The molecule has 1 aromatic carbocycles. The second-order valence-corrected chi connectivity index (χ2v) is 4.16. The van der Waals surface area contributed by atoms with Crippen molar-refractivity contribution in [2.45, 2.75) is 26.2 Å². The van der Waals surface area contributed by atoms with Crippen molar-refractivity contribution in [1.82, 2.24) is 9.97 Å². The average Bonchev–Trinajstić information content (AvgIpc) is 2.77. The molecular weight excluding hydrogens is 266 g/mol. The van der Waals surface area contributed by atoms with E-state index in [-0.39, 0.29) is 12.4 Å². The molecule has 0 saturated carbocycles. The molecule has 1 amide bonds. The Bertz CT molecular complexity index is 554. The third-order valence-electron chi connectivity index (χ3n) is 2.77. The molecule has 1 heterocycles. The van der Waals surface area contributed by atoms with Crippen LogP contribution in [0.25, 0.3) is 11.0 Å². The fourth-order valence-electron chi connectivity index (χ4n) is 1.80. The van der Waals surface area contributed by atoms with E-state index >= 15 is 0 Å². The summed E-state index contributed by atoms with van der Waals surface area (Å²) in [5.74, 6) is 0.407. The molecule has 0 saturated heterocycles. The van der Waals surface area contributed by atoms with Gasteiger partial charge < -0.3 is 9.72 Å². The Balaban J connectivity index is 0.00000180. The number of fused-ring (bicyclic) bond motifs is 1. The Kier molecular flexibility index (Phi) is 5.63. The van der Waals surface area contributed by atoms with E-state index in [0.29, 0.717) is 5.95 Å². The highest BCUT2D eigenvalue weighted by Gasteiger charge is 2.06. The highest BCUT2D eigenvalue weighted by molar-refractivity contribution is 5.86. The van der Waals surface area contributed by atoms with E-state index in [0.717, 1.165) is 17.5 Å². The van der Waals surface area contributed by atoms with Gasteiger partial charge in [0.1, 0.15) is 0 Å². The van der Waals surface area contributed by atoms with E-state index in [4.69, 9.17) is 0 Å². The SMILES string of the molecule is CCCCc1ccc2nc(NC(=O)OC)[nH]c2c1.Cl. The number of hydrogen-bond acceptors (Lipinski definition) is 3. The summed E-state index contributed by atoms with van der Waals surface area (Å²) < 4.78 is 4.52. The first-order valence-corrected chi connectivity index (χ1v) is 6.06. The van der Waals surface area contributed by atoms with Crippen LogP contribution in [0, 0.1) is 0 Å². The van der Waals surface area contributed by atoms with Crippen molar-refractivity contribution in [3.8, 4) is 0 Å². The van der Waals surface area contributed by atoms with Crippen molar-refractivity contribution in [3.63, 3.8) is 0 Å². The molecule has 1 aromatic heterocycles. The van der Waals surface area contributed by atoms with E-state index in [1.807, 2.05) is 6.07 Å². The van der Waals surface area contributed by atoms with Crippen LogP contribution in [0.1, 0.15) is 25.3 Å². The standard InChI is InChI=1S/C13H17N3O2.ClH/c1-3-4-5-9-6-7-10-11(8-9)15-12(14-10)16-13(17)18-2;/h6-8H,3-5H2,1-2H3,(H2,14,15,16,17);1H. The van der Waals surface area contributed by atoms with E-state index in [1.165, 1.54) is 25.5 Å². The van der Waals surface area contributed by atoms with Crippen LogP contribution in [0.5, 0.6) is 0 Å². The summed E-state index contributed by atoms with van der Waals surface area (Å²) in [6.07, 6.45) is 2.88. The number of aromatic amines is 1. The number of nitrogens with one attached hydrogen (secondary N) is 2. The van der Waals surface area contributed by atoms with Gasteiger partial charge in [-0.25, -0.2) is 9.78 Å². The molecule has 2 N–H and O–H groups in total. The van der Waals surface area contributed by atoms with Gasteiger partial charge >= 0.3 is 6.09 Å². The van der Waals surface area contributed by atoms with Gasteiger partial charge in [0.2, 0.25) is 5.95 Å². The first kappa shape index (κ1) is 15.3. The highest BCUT2D eigenvalue weighted by Crippen LogP contribution is 2.17. The minimum atomic E-state index is -0.528. The second kappa shape index (κ2) is 6.99. The number of methoxy groups -OCH3 is 1. The van der Waals surface area contributed by atoms with Gasteiger partial charge in [0.15, 0.2) is 0 Å². The normalized spacial score (nSPS) is 10.0. The third-order valence-corrected chi connectivity index (χ3v) is 2.77. The lowest BCUT2D eigenvalue weighted by Crippen LogP contribution is -2.11. The van der Waals surface area contributed by atoms with Gasteiger partial charge in [-0.15, -0.1) is 12.4 Å². The molecule has 19 heavy (non-hydrogen) atoms. The zero-order valence-electron chi connectivity index (χ0n) is 11.0. The number of unbranched alkanes of at least 4 members (excludes halogenated alkanes) is 1. The van der Waals surface area contributed by atoms with Crippen LogP contribution in [-0.4, -0.2) is 23.2 Å². The number of carbonyl (C=O) groups is 1. The van der Waals surface area contributed by atoms with Crippen molar-refractivity contribution in [2.24, 2.45) is 0 Å². The van der Waals surface area contributed by atoms with Gasteiger partial charge in [0.25, 0.3) is 0 Å². The van der Waals surface area contributed by atoms with Crippen LogP contribution in [0.15, 0.2) is 18.2 Å². The average molecular weight is 284 g/mol. The lowest BCUT2D eigenvalue weighted by Gasteiger charge is -1.98. The number of halogens is 1. The molecule has 0 unspecified atom stereocenters. The molecular formula is C13H18ClN3O2. The van der Waals surface area contributed by atoms with Gasteiger partial charge in [0.05, 0.1) is 18.1 Å². The van der Waals surface area contributed by atoms with Crippen LogP contribution >= 0.6 is 12.4 Å². The molecule has 6 heteroatoms. The molecule has 0 aliphatic rings. The molecule has 5 nitrogen and oxygen atoms in total. The fourth-order valence-corrected chi connectivity index (χ4v) is 1.80. The summed E-state index contributed by atoms with van der Waals surface area (Å²) in [4.78, 5) is 18.4. The summed E-state index contributed by atoms with van der Waals surface area (Å²) in [5.41, 5.74) is 3.04. The Morgan fingerprint density at radius 3 is 2.95 bits per heavy atom. The van der Waals surface area contributed by atoms with Crippen LogP contribution in [0.3, 0.4) is 0 Å². The Morgan fingerprint density at radius 2 is 2.26 bits per heavy atom. The largest absolute Gasteiger partial charge is 0.453 e. The van der Waals surface area contributed by atoms with Gasteiger partial charge in [-0.2, -0.15) is 0 Å². The molecule has 0 atom stereocenters. The van der Waals surface area contributed by atoms with Crippen LogP contribution in [0.4, 0.5) is 10.7 Å². The van der Waals surface area contributed by atoms with E-state index in [9.17, 15) is 4.79 Å². The van der Waals surface area contributed by atoms with Crippen molar-refractivity contribution in [3.05, 3.63) is 23.8 Å². The number of anilines is 1. The van der Waals surface area contributed by atoms with Crippen LogP contribution in [-0.2, 0) is 11.2 Å². The van der Waals surface area contributed by atoms with Gasteiger partial charge in [0, 0.05) is 0 Å². The summed E-state index contributed by atoms with van der Waals surface area (Å²) in [5, 5.41) is 2.52. The smallest absolute Gasteiger partial charge is 0.413 e. The fraction of sp³-hybridized carbons (Fsp3) is 0.385. The summed E-state index contributed by atoms with van der Waals surface area (Å²) in [7, 11) is 1.32. The number of rotatable bonds is 4. The number of carbonyl (C=O) groups excluding carboxylic acids is 1. The number of ether oxygens (including phenoxy) is 1. The van der Waals surface area contributed by atoms with Crippen LogP contribution in [0.2, 0.25) is 0 Å². The molecule has 0 radical (unpaired) electrons. The second-order valence-electron chi connectivity index (χ2n) is 4.16. The molecule has 2 rings (SSSR count). The molecule has 104 valence electrons. The van der Waals surface area contributed by atoms with Crippen molar-refractivity contribution >= 4 is 35.5 Å². The molecule has 0 bridgehead atoms. The summed E-state index contributed by atoms with van der Waals surface area (Å²) in [6, 6.07) is 6.10. The van der Waals surface area contributed by atoms with Crippen LogP contribution < -0.4 is 5.32 Å². The number of aromatic nitrogens is 2. The van der Waals surface area contributed by atoms with Gasteiger partial charge in [-0.3, -0.25) is 5.32 Å². The lowest BCUT2D eigenvalue weighted by molar-refractivity contribution is 0.186. The molecule has 0 aliphatic carbocycles. The number of nitrogens with zero attached hydrogens (tertiary/aromatic N) is 1.